The number of nitrogens with zero attached hydrogens (tertiary/aromatic N) is 1. The van der Waals surface area contributed by atoms with E-state index in [1.165, 1.54) is 22.5 Å². The lowest BCUT2D eigenvalue weighted by Gasteiger charge is -2.50. The molecule has 6 unspecified atom stereocenters. The van der Waals surface area contributed by atoms with E-state index in [9.17, 15) is 9.59 Å². The van der Waals surface area contributed by atoms with Crippen LogP contribution in [-0.4, -0.2) is 22.9 Å². The van der Waals surface area contributed by atoms with Crippen LogP contribution >= 0.6 is 11.3 Å². The Morgan fingerprint density at radius 2 is 2.21 bits per heavy atom. The summed E-state index contributed by atoms with van der Waals surface area (Å²) in [5.74, 6) is 3.04. The van der Waals surface area contributed by atoms with E-state index in [2.05, 4.69) is 34.7 Å². The van der Waals surface area contributed by atoms with Gasteiger partial charge in [0.1, 0.15) is 11.5 Å². The maximum Gasteiger partial charge on any atom is 0.226 e. The molecule has 1 aromatic heterocycles. The highest BCUT2D eigenvalue weighted by molar-refractivity contribution is 7.15. The number of ketones is 1. The number of aryl methyl sites for hydroxylation is 2. The summed E-state index contributed by atoms with van der Waals surface area (Å²) in [5.41, 5.74) is 3.74. The van der Waals surface area contributed by atoms with E-state index in [1.54, 1.807) is 6.20 Å². The largest absolute Gasteiger partial charge is 0.469 e. The predicted molar refractivity (Wildman–Crippen MR) is 133 cm³/mol. The van der Waals surface area contributed by atoms with Crippen molar-refractivity contribution >= 4 is 33.8 Å². The number of rotatable bonds is 4. The Labute approximate surface area is 204 Å². The van der Waals surface area contributed by atoms with Crippen LogP contribution in [0.3, 0.4) is 0 Å². The second kappa shape index (κ2) is 8.08. The fraction of sp³-hybridized carbons (Fsp3) is 0.593. The molecule has 6 nitrogen and oxygen atoms in total. The lowest BCUT2D eigenvalue weighted by atomic mass is 9.54. The lowest BCUT2D eigenvalue weighted by molar-refractivity contribution is -0.129. The second-order valence-corrected chi connectivity index (χ2v) is 12.2. The molecule has 3 aliphatic carbocycles. The number of thiazole rings is 1. The summed E-state index contributed by atoms with van der Waals surface area (Å²) in [6.07, 6.45) is 7.82. The van der Waals surface area contributed by atoms with Gasteiger partial charge in [-0.2, -0.15) is 0 Å². The Hall–Kier alpha value is -2.41. The van der Waals surface area contributed by atoms with Crippen molar-refractivity contribution in [1.29, 1.82) is 0 Å². The molecule has 2 heterocycles. The van der Waals surface area contributed by atoms with Crippen molar-refractivity contribution < 1.29 is 14.3 Å². The Balaban J connectivity index is 1.22. The number of hydrogen-bond acceptors (Lipinski definition) is 6. The summed E-state index contributed by atoms with van der Waals surface area (Å²) in [6, 6.07) is 4.57. The van der Waals surface area contributed by atoms with E-state index in [4.69, 9.17) is 4.74 Å². The van der Waals surface area contributed by atoms with Crippen LogP contribution < -0.4 is 15.4 Å². The number of anilines is 2. The number of Topliss-reactive ketones (excluding diaryl/α,β-unsaturated/α-hetero) is 1. The third-order valence-electron chi connectivity index (χ3n) is 8.94. The zero-order chi connectivity index (χ0) is 23.6. The Bertz CT molecular complexity index is 1160. The van der Waals surface area contributed by atoms with Gasteiger partial charge in [-0.05, 0) is 92.9 Å². The summed E-state index contributed by atoms with van der Waals surface area (Å²) in [6.45, 7) is 6.23. The topological polar surface area (TPSA) is 80.3 Å². The minimum atomic E-state index is -0.237. The lowest BCUT2D eigenvalue weighted by Crippen LogP contribution is -2.44. The zero-order valence-electron chi connectivity index (χ0n) is 20.1. The van der Waals surface area contributed by atoms with Crippen molar-refractivity contribution in [2.45, 2.75) is 77.9 Å². The van der Waals surface area contributed by atoms with Crippen LogP contribution in [0.4, 0.5) is 10.8 Å². The summed E-state index contributed by atoms with van der Waals surface area (Å²) in [7, 11) is 0. The van der Waals surface area contributed by atoms with Crippen LogP contribution in [0, 0.1) is 30.1 Å². The van der Waals surface area contributed by atoms with Crippen molar-refractivity contribution in [1.82, 2.24) is 4.98 Å². The van der Waals surface area contributed by atoms with Crippen molar-refractivity contribution in [3.8, 4) is 5.75 Å². The predicted octanol–water partition coefficient (Wildman–Crippen LogP) is 5.67. The average Bonchev–Trinajstić information content (AvgIpc) is 3.44. The number of carbonyl (C=O) groups excluding carboxylic acids is 2. The monoisotopic (exact) mass is 479 g/mol. The van der Waals surface area contributed by atoms with Gasteiger partial charge in [0.25, 0.3) is 0 Å². The maximum atomic E-state index is 13.3. The molecule has 2 N–H and O–H groups in total. The van der Waals surface area contributed by atoms with Crippen molar-refractivity contribution in [2.75, 3.05) is 10.6 Å². The van der Waals surface area contributed by atoms with E-state index in [0.717, 1.165) is 48.4 Å². The number of benzene rings is 1. The van der Waals surface area contributed by atoms with E-state index >= 15 is 0 Å². The van der Waals surface area contributed by atoms with E-state index in [-0.39, 0.29) is 23.5 Å². The van der Waals surface area contributed by atoms with Gasteiger partial charge in [0, 0.05) is 29.3 Å². The second-order valence-electron chi connectivity index (χ2n) is 11.0. The van der Waals surface area contributed by atoms with Crippen molar-refractivity contribution in [3.63, 3.8) is 0 Å². The Morgan fingerprint density at radius 1 is 1.35 bits per heavy atom. The van der Waals surface area contributed by atoms with E-state index < -0.39 is 0 Å². The Kier molecular flexibility index (Phi) is 5.24. The minimum absolute atomic E-state index is 0.00695. The molecule has 2 saturated carbocycles. The molecule has 0 spiro atoms. The molecular weight excluding hydrogens is 446 g/mol. The van der Waals surface area contributed by atoms with Crippen LogP contribution in [0.1, 0.15) is 74.3 Å². The molecule has 1 amide bonds. The van der Waals surface area contributed by atoms with Gasteiger partial charge in [-0.25, -0.2) is 4.98 Å². The molecule has 6 atom stereocenters. The van der Waals surface area contributed by atoms with Crippen LogP contribution in [0.15, 0.2) is 18.3 Å². The van der Waals surface area contributed by atoms with Gasteiger partial charge >= 0.3 is 0 Å². The Morgan fingerprint density at radius 3 is 3.00 bits per heavy atom. The van der Waals surface area contributed by atoms with Gasteiger partial charge < -0.3 is 15.4 Å². The standard InChI is InChI=1S/C27H33N3O3S/c1-14-13-28-26(34-14)30-24(32)7-5-17-11-23(31)27(3)9-8-18-19(25(17)27)6-4-16-10-22-21(12-20(16)18)29-15(2)33-22/h10,12-13,15,17-19,25,29H,4-9,11H2,1-3H3,(H,28,30,32). The SMILES string of the molecule is Cc1cnc(NC(=O)CCC2CC(=O)C3(C)CCC4c5cc6c(cc5CCC4C23)OC(C)N6)s1. The summed E-state index contributed by atoms with van der Waals surface area (Å²) in [5, 5.41) is 7.05. The molecule has 6 rings (SSSR count). The maximum absolute atomic E-state index is 13.3. The molecule has 7 heteroatoms. The van der Waals surface area contributed by atoms with E-state index in [0.29, 0.717) is 41.5 Å². The normalized spacial score (nSPS) is 33.3. The van der Waals surface area contributed by atoms with Crippen molar-refractivity contribution in [3.05, 3.63) is 34.3 Å². The quantitative estimate of drug-likeness (QED) is 0.590. The first-order valence-corrected chi connectivity index (χ1v) is 13.5. The smallest absolute Gasteiger partial charge is 0.226 e. The molecule has 0 saturated heterocycles. The fourth-order valence-electron chi connectivity index (χ4n) is 7.48. The molecule has 4 aliphatic rings. The summed E-state index contributed by atoms with van der Waals surface area (Å²) in [4.78, 5) is 31.2. The number of hydrogen-bond donors (Lipinski definition) is 2. The molecule has 2 aromatic rings. The molecule has 1 aliphatic heterocycles. The molecule has 34 heavy (non-hydrogen) atoms. The minimum Gasteiger partial charge on any atom is -0.469 e. The number of amides is 1. The molecule has 0 radical (unpaired) electrons. The van der Waals surface area contributed by atoms with Crippen LogP contribution in [0.5, 0.6) is 5.75 Å². The molecule has 0 bridgehead atoms. The first-order valence-electron chi connectivity index (χ1n) is 12.7. The van der Waals surface area contributed by atoms with Gasteiger partial charge in [-0.15, -0.1) is 11.3 Å². The van der Waals surface area contributed by atoms with Crippen LogP contribution in [0.25, 0.3) is 0 Å². The fourth-order valence-corrected chi connectivity index (χ4v) is 8.16. The molecular formula is C27H33N3O3S. The molecule has 180 valence electrons. The van der Waals surface area contributed by atoms with Crippen molar-refractivity contribution in [2.24, 2.45) is 23.2 Å². The molecule has 2 fully saturated rings. The number of carbonyl (C=O) groups is 2. The van der Waals surface area contributed by atoms with Gasteiger partial charge in [-0.1, -0.05) is 6.92 Å². The first-order chi connectivity index (χ1) is 16.3. The van der Waals surface area contributed by atoms with Crippen LogP contribution in [-0.2, 0) is 16.0 Å². The highest BCUT2D eigenvalue weighted by Gasteiger charge is 2.58. The number of nitrogens with one attached hydrogen (secondary N) is 2. The zero-order valence-corrected chi connectivity index (χ0v) is 21.0. The third-order valence-corrected chi connectivity index (χ3v) is 9.77. The van der Waals surface area contributed by atoms with Gasteiger partial charge in [0.2, 0.25) is 5.91 Å². The number of fused-ring (bicyclic) bond motifs is 6. The number of aromatic nitrogens is 1. The summed E-state index contributed by atoms with van der Waals surface area (Å²) < 4.78 is 5.93. The molecule has 1 aromatic carbocycles. The van der Waals surface area contributed by atoms with Gasteiger partial charge in [0.15, 0.2) is 11.4 Å². The van der Waals surface area contributed by atoms with Crippen LogP contribution in [0.2, 0.25) is 0 Å². The number of ether oxygens (including phenoxy) is 1. The van der Waals surface area contributed by atoms with Gasteiger partial charge in [0.05, 0.1) is 5.69 Å². The van der Waals surface area contributed by atoms with E-state index in [1.807, 2.05) is 13.8 Å². The average molecular weight is 480 g/mol. The first kappa shape index (κ1) is 22.1. The highest BCUT2D eigenvalue weighted by atomic mass is 32.1. The summed E-state index contributed by atoms with van der Waals surface area (Å²) >= 11 is 1.50. The van der Waals surface area contributed by atoms with Gasteiger partial charge in [-0.3, -0.25) is 9.59 Å². The highest BCUT2D eigenvalue weighted by Crippen LogP contribution is 2.62. The third kappa shape index (κ3) is 3.55.